The molecule has 4 atom stereocenters. The molecule has 0 aromatic rings. The van der Waals surface area contributed by atoms with Crippen molar-refractivity contribution in [3.05, 3.63) is 11.6 Å². The smallest absolute Gasteiger partial charge is 0.333 e. The third-order valence-electron chi connectivity index (χ3n) is 6.86. The maximum absolute atomic E-state index is 12.2. The molecule has 0 bridgehead atoms. The normalized spacial score (nSPS) is 33.8. The van der Waals surface area contributed by atoms with Gasteiger partial charge in [0.05, 0.1) is 6.61 Å². The summed E-state index contributed by atoms with van der Waals surface area (Å²) in [5, 5.41) is 0.237. The fourth-order valence-corrected chi connectivity index (χ4v) is 5.42. The minimum Gasteiger partial charge on any atom is -0.463 e. The molecule has 0 spiro atoms. The molecule has 4 heteroatoms. The first kappa shape index (κ1) is 19.7. The SMILES string of the molecule is CCOC(=O)C1=C[C@]2(C)[C@H](C1)C[C@@H](O[Si](C)(C)C(C)(C)C)C[C@H]2C. The molecule has 2 aliphatic rings. The lowest BCUT2D eigenvalue weighted by Gasteiger charge is -2.48. The second kappa shape index (κ2) is 6.60. The van der Waals surface area contributed by atoms with E-state index in [4.69, 9.17) is 9.16 Å². The van der Waals surface area contributed by atoms with Gasteiger partial charge in [0.1, 0.15) is 0 Å². The predicted molar refractivity (Wildman–Crippen MR) is 101 cm³/mol. The predicted octanol–water partition coefficient (Wildman–Crippen LogP) is 5.32. The summed E-state index contributed by atoms with van der Waals surface area (Å²) >= 11 is 0. The molecule has 2 aliphatic carbocycles. The Kier molecular flexibility index (Phi) is 5.42. The van der Waals surface area contributed by atoms with Crippen LogP contribution in [0.1, 0.15) is 60.8 Å². The number of allylic oxidation sites excluding steroid dienone is 1. The number of fused-ring (bicyclic) bond motifs is 1. The third kappa shape index (κ3) is 3.64. The molecule has 0 aromatic heterocycles. The van der Waals surface area contributed by atoms with E-state index in [1.165, 1.54) is 0 Å². The number of carbonyl (C=O) groups excluding carboxylic acids is 1. The Hall–Kier alpha value is -0.613. The maximum Gasteiger partial charge on any atom is 0.333 e. The number of rotatable bonds is 4. The second-order valence-electron chi connectivity index (χ2n) is 9.53. The molecule has 0 aliphatic heterocycles. The van der Waals surface area contributed by atoms with Crippen molar-refractivity contribution in [2.45, 2.75) is 85.0 Å². The van der Waals surface area contributed by atoms with Gasteiger partial charge in [0.25, 0.3) is 0 Å². The Morgan fingerprint density at radius 3 is 2.50 bits per heavy atom. The highest BCUT2D eigenvalue weighted by molar-refractivity contribution is 6.74. The van der Waals surface area contributed by atoms with Gasteiger partial charge in [-0.05, 0) is 61.6 Å². The Balaban J connectivity index is 2.11. The zero-order valence-electron chi connectivity index (χ0n) is 16.9. The highest BCUT2D eigenvalue weighted by Crippen LogP contribution is 2.55. The van der Waals surface area contributed by atoms with Crippen molar-refractivity contribution in [2.24, 2.45) is 17.3 Å². The second-order valence-corrected chi connectivity index (χ2v) is 14.3. The van der Waals surface area contributed by atoms with E-state index in [-0.39, 0.29) is 16.4 Å². The van der Waals surface area contributed by atoms with Crippen LogP contribution >= 0.6 is 0 Å². The van der Waals surface area contributed by atoms with Gasteiger partial charge in [-0.3, -0.25) is 0 Å². The first-order valence-electron chi connectivity index (χ1n) is 9.47. The Labute approximate surface area is 149 Å². The molecule has 0 saturated heterocycles. The van der Waals surface area contributed by atoms with Crippen molar-refractivity contribution in [1.29, 1.82) is 0 Å². The van der Waals surface area contributed by atoms with Crippen molar-refractivity contribution < 1.29 is 14.0 Å². The van der Waals surface area contributed by atoms with E-state index in [2.05, 4.69) is 53.8 Å². The van der Waals surface area contributed by atoms with Gasteiger partial charge in [0.2, 0.25) is 0 Å². The average molecular weight is 353 g/mol. The summed E-state index contributed by atoms with van der Waals surface area (Å²) in [6.07, 6.45) is 5.53. The molecule has 2 rings (SSSR count). The van der Waals surface area contributed by atoms with Gasteiger partial charge in [0, 0.05) is 11.7 Å². The first-order valence-corrected chi connectivity index (χ1v) is 12.4. The van der Waals surface area contributed by atoms with Crippen LogP contribution in [0.15, 0.2) is 11.6 Å². The fourth-order valence-electron chi connectivity index (χ4n) is 4.04. The molecule has 0 N–H and O–H groups in total. The minimum absolute atomic E-state index is 0.107. The summed E-state index contributed by atoms with van der Waals surface area (Å²) in [5.74, 6) is 0.899. The van der Waals surface area contributed by atoms with Gasteiger partial charge in [-0.1, -0.05) is 40.7 Å². The van der Waals surface area contributed by atoms with E-state index in [1.807, 2.05) is 6.92 Å². The van der Waals surface area contributed by atoms with Crippen molar-refractivity contribution in [3.63, 3.8) is 0 Å². The van der Waals surface area contributed by atoms with Crippen molar-refractivity contribution in [2.75, 3.05) is 6.61 Å². The molecule has 0 radical (unpaired) electrons. The molecule has 0 heterocycles. The summed E-state index contributed by atoms with van der Waals surface area (Å²) in [6, 6.07) is 0. The summed E-state index contributed by atoms with van der Waals surface area (Å²) < 4.78 is 11.9. The van der Waals surface area contributed by atoms with E-state index < -0.39 is 8.32 Å². The third-order valence-corrected chi connectivity index (χ3v) is 11.4. The summed E-state index contributed by atoms with van der Waals surface area (Å²) in [6.45, 7) is 18.5. The van der Waals surface area contributed by atoms with Crippen LogP contribution in [0.5, 0.6) is 0 Å². The standard InChI is InChI=1S/C20H36O3Si/c1-9-22-18(21)15-11-16-12-17(10-14(2)20(16,6)13-15)23-24(7,8)19(3,4)5/h13-14,16-17H,9-12H2,1-8H3/t14-,16-,17+,20+/m1/s1. The van der Waals surface area contributed by atoms with Gasteiger partial charge in [0.15, 0.2) is 8.32 Å². The zero-order valence-corrected chi connectivity index (χ0v) is 17.9. The molecule has 0 aromatic carbocycles. The fraction of sp³-hybridized carbons (Fsp3) is 0.850. The molecule has 1 fully saturated rings. The van der Waals surface area contributed by atoms with Crippen molar-refractivity contribution >= 4 is 14.3 Å². The molecule has 1 saturated carbocycles. The number of carbonyl (C=O) groups is 1. The molecular weight excluding hydrogens is 316 g/mol. The van der Waals surface area contributed by atoms with Crippen LogP contribution < -0.4 is 0 Å². The van der Waals surface area contributed by atoms with Crippen LogP contribution in [0.2, 0.25) is 18.1 Å². The number of hydrogen-bond donors (Lipinski definition) is 0. The summed E-state index contributed by atoms with van der Waals surface area (Å²) in [7, 11) is -1.75. The lowest BCUT2D eigenvalue weighted by Crippen LogP contribution is -2.48. The van der Waals surface area contributed by atoms with E-state index in [9.17, 15) is 4.79 Å². The first-order chi connectivity index (χ1) is 10.9. The van der Waals surface area contributed by atoms with Crippen LogP contribution in [0.3, 0.4) is 0 Å². The average Bonchev–Trinajstić information content (AvgIpc) is 2.76. The van der Waals surface area contributed by atoms with Crippen LogP contribution in [-0.2, 0) is 14.0 Å². The quantitative estimate of drug-likeness (QED) is 0.507. The highest BCUT2D eigenvalue weighted by atomic mass is 28.4. The summed E-state index contributed by atoms with van der Waals surface area (Å²) in [5.41, 5.74) is 0.985. The van der Waals surface area contributed by atoms with Gasteiger partial charge >= 0.3 is 5.97 Å². The molecular formula is C20H36O3Si. The molecule has 0 unspecified atom stereocenters. The Bertz CT molecular complexity index is 517. The maximum atomic E-state index is 12.2. The van der Waals surface area contributed by atoms with Crippen molar-refractivity contribution in [1.82, 2.24) is 0 Å². The molecule has 24 heavy (non-hydrogen) atoms. The molecule has 0 amide bonds. The largest absolute Gasteiger partial charge is 0.463 e. The van der Waals surface area contributed by atoms with Crippen LogP contribution in [-0.4, -0.2) is 27.0 Å². The molecule has 138 valence electrons. The topological polar surface area (TPSA) is 35.5 Å². The zero-order chi connectivity index (χ0) is 18.3. The van der Waals surface area contributed by atoms with Crippen molar-refractivity contribution in [3.8, 4) is 0 Å². The highest BCUT2D eigenvalue weighted by Gasteiger charge is 2.50. The minimum atomic E-state index is -1.75. The van der Waals surface area contributed by atoms with Gasteiger partial charge < -0.3 is 9.16 Å². The van der Waals surface area contributed by atoms with Crippen LogP contribution in [0, 0.1) is 17.3 Å². The van der Waals surface area contributed by atoms with E-state index >= 15 is 0 Å². The van der Waals surface area contributed by atoms with Gasteiger partial charge in [-0.15, -0.1) is 0 Å². The monoisotopic (exact) mass is 352 g/mol. The molecule has 3 nitrogen and oxygen atoms in total. The Morgan fingerprint density at radius 2 is 1.96 bits per heavy atom. The number of hydrogen-bond acceptors (Lipinski definition) is 3. The summed E-state index contributed by atoms with van der Waals surface area (Å²) in [4.78, 5) is 12.2. The lowest BCUT2D eigenvalue weighted by molar-refractivity contribution is -0.138. The van der Waals surface area contributed by atoms with Crippen LogP contribution in [0.25, 0.3) is 0 Å². The van der Waals surface area contributed by atoms with Gasteiger partial charge in [-0.25, -0.2) is 4.79 Å². The van der Waals surface area contributed by atoms with Gasteiger partial charge in [-0.2, -0.15) is 0 Å². The van der Waals surface area contributed by atoms with E-state index in [0.717, 1.165) is 24.8 Å². The van der Waals surface area contributed by atoms with E-state index in [1.54, 1.807) is 0 Å². The number of ether oxygens (including phenoxy) is 1. The number of esters is 1. The Morgan fingerprint density at radius 1 is 1.33 bits per heavy atom. The van der Waals surface area contributed by atoms with Crippen LogP contribution in [0.4, 0.5) is 0 Å². The lowest BCUT2D eigenvalue weighted by atomic mass is 9.63. The van der Waals surface area contributed by atoms with E-state index in [0.29, 0.717) is 24.5 Å².